The SMILES string of the molecule is COC(=O)CCOC(=O)N1CCOCC1. The van der Waals surface area contributed by atoms with Crippen molar-refractivity contribution in [2.24, 2.45) is 0 Å². The van der Waals surface area contributed by atoms with Crippen LogP contribution in [0, 0.1) is 0 Å². The lowest BCUT2D eigenvalue weighted by Gasteiger charge is -2.25. The maximum Gasteiger partial charge on any atom is 0.409 e. The van der Waals surface area contributed by atoms with Gasteiger partial charge in [-0.15, -0.1) is 0 Å². The van der Waals surface area contributed by atoms with Gasteiger partial charge in [-0.05, 0) is 0 Å². The minimum absolute atomic E-state index is 0.0584. The number of carbonyl (C=O) groups excluding carboxylic acids is 2. The second-order valence-electron chi connectivity index (χ2n) is 3.04. The third-order valence-corrected chi connectivity index (χ3v) is 2.03. The molecule has 1 saturated heterocycles. The zero-order valence-corrected chi connectivity index (χ0v) is 8.73. The number of amides is 1. The Hall–Kier alpha value is -1.30. The molecular formula is C9H15NO5. The molecule has 0 aromatic rings. The first-order valence-electron chi connectivity index (χ1n) is 4.80. The van der Waals surface area contributed by atoms with Crippen LogP contribution in [0.2, 0.25) is 0 Å². The highest BCUT2D eigenvalue weighted by molar-refractivity contribution is 5.71. The van der Waals surface area contributed by atoms with Gasteiger partial charge in [-0.25, -0.2) is 4.79 Å². The number of hydrogen-bond donors (Lipinski definition) is 0. The second-order valence-corrected chi connectivity index (χ2v) is 3.04. The van der Waals surface area contributed by atoms with E-state index in [9.17, 15) is 9.59 Å². The fraction of sp³-hybridized carbons (Fsp3) is 0.778. The van der Waals surface area contributed by atoms with Gasteiger partial charge < -0.3 is 19.1 Å². The summed E-state index contributed by atoms with van der Waals surface area (Å²) in [5, 5.41) is 0. The quantitative estimate of drug-likeness (QED) is 0.623. The largest absolute Gasteiger partial charge is 0.469 e. The first-order valence-corrected chi connectivity index (χ1v) is 4.80. The van der Waals surface area contributed by atoms with E-state index in [1.165, 1.54) is 7.11 Å². The standard InChI is InChI=1S/C9H15NO5/c1-13-8(11)2-5-15-9(12)10-3-6-14-7-4-10/h2-7H2,1H3. The summed E-state index contributed by atoms with van der Waals surface area (Å²) in [6, 6.07) is 0. The van der Waals surface area contributed by atoms with Crippen molar-refractivity contribution in [1.29, 1.82) is 0 Å². The molecule has 0 unspecified atom stereocenters. The number of morpholine rings is 1. The number of hydrogen-bond acceptors (Lipinski definition) is 5. The Morgan fingerprint density at radius 2 is 2.00 bits per heavy atom. The molecule has 0 aliphatic carbocycles. The summed E-state index contributed by atoms with van der Waals surface area (Å²) < 4.78 is 14.4. The highest BCUT2D eigenvalue weighted by atomic mass is 16.6. The van der Waals surface area contributed by atoms with Crippen molar-refractivity contribution in [1.82, 2.24) is 4.90 Å². The lowest BCUT2D eigenvalue weighted by atomic mass is 10.4. The van der Waals surface area contributed by atoms with E-state index in [2.05, 4.69) is 4.74 Å². The molecule has 0 aromatic heterocycles. The van der Waals surface area contributed by atoms with Crippen LogP contribution in [-0.4, -0.2) is 57.0 Å². The van der Waals surface area contributed by atoms with E-state index in [1.807, 2.05) is 0 Å². The highest BCUT2D eigenvalue weighted by Gasteiger charge is 2.18. The molecule has 6 nitrogen and oxygen atoms in total. The van der Waals surface area contributed by atoms with Crippen molar-refractivity contribution in [3.8, 4) is 0 Å². The van der Waals surface area contributed by atoms with E-state index in [0.717, 1.165) is 0 Å². The van der Waals surface area contributed by atoms with Crippen molar-refractivity contribution < 1.29 is 23.8 Å². The summed E-state index contributed by atoms with van der Waals surface area (Å²) >= 11 is 0. The first-order chi connectivity index (χ1) is 7.24. The minimum atomic E-state index is -0.401. The molecule has 0 aromatic carbocycles. The maximum absolute atomic E-state index is 11.4. The molecule has 1 heterocycles. The number of ether oxygens (including phenoxy) is 3. The Morgan fingerprint density at radius 3 is 2.60 bits per heavy atom. The topological polar surface area (TPSA) is 65.1 Å². The third-order valence-electron chi connectivity index (χ3n) is 2.03. The highest BCUT2D eigenvalue weighted by Crippen LogP contribution is 2.00. The van der Waals surface area contributed by atoms with E-state index in [-0.39, 0.29) is 19.0 Å². The summed E-state index contributed by atoms with van der Waals surface area (Å²) in [4.78, 5) is 23.6. The van der Waals surface area contributed by atoms with E-state index in [4.69, 9.17) is 9.47 Å². The first kappa shape index (κ1) is 11.8. The molecule has 1 aliphatic heterocycles. The Morgan fingerprint density at radius 1 is 1.33 bits per heavy atom. The van der Waals surface area contributed by atoms with Crippen LogP contribution in [0.5, 0.6) is 0 Å². The lowest BCUT2D eigenvalue weighted by molar-refractivity contribution is -0.141. The molecule has 1 fully saturated rings. The summed E-state index contributed by atoms with van der Waals surface area (Å²) in [6.45, 7) is 2.20. The van der Waals surface area contributed by atoms with Crippen LogP contribution in [0.25, 0.3) is 0 Å². The van der Waals surface area contributed by atoms with Crippen molar-refractivity contribution >= 4 is 12.1 Å². The molecule has 86 valence electrons. The fourth-order valence-electron chi connectivity index (χ4n) is 1.16. The average molecular weight is 217 g/mol. The zero-order valence-electron chi connectivity index (χ0n) is 8.73. The van der Waals surface area contributed by atoms with E-state index >= 15 is 0 Å². The third kappa shape index (κ3) is 4.16. The molecule has 6 heteroatoms. The van der Waals surface area contributed by atoms with Gasteiger partial charge >= 0.3 is 12.1 Å². The number of methoxy groups -OCH3 is 1. The molecule has 0 saturated carbocycles. The monoisotopic (exact) mass is 217 g/mol. The maximum atomic E-state index is 11.4. The summed E-state index contributed by atoms with van der Waals surface area (Å²) in [5.74, 6) is -0.384. The Balaban J connectivity index is 2.14. The van der Waals surface area contributed by atoms with Crippen LogP contribution in [0.1, 0.15) is 6.42 Å². The van der Waals surface area contributed by atoms with Gasteiger partial charge in [0.15, 0.2) is 0 Å². The normalized spacial score (nSPS) is 15.9. The van der Waals surface area contributed by atoms with Crippen LogP contribution < -0.4 is 0 Å². The zero-order chi connectivity index (χ0) is 11.1. The minimum Gasteiger partial charge on any atom is -0.469 e. The van der Waals surface area contributed by atoms with Crippen LogP contribution in [0.3, 0.4) is 0 Å². The van der Waals surface area contributed by atoms with Gasteiger partial charge in [0.1, 0.15) is 6.61 Å². The number of carbonyl (C=O) groups is 2. The van der Waals surface area contributed by atoms with Gasteiger partial charge in [0.2, 0.25) is 0 Å². The van der Waals surface area contributed by atoms with Crippen LogP contribution in [0.4, 0.5) is 4.79 Å². The molecule has 0 atom stereocenters. The van der Waals surface area contributed by atoms with Gasteiger partial charge in [0.05, 0.1) is 26.7 Å². The van der Waals surface area contributed by atoms with Gasteiger partial charge in [-0.3, -0.25) is 4.79 Å². The summed E-state index contributed by atoms with van der Waals surface area (Å²) in [7, 11) is 1.30. The van der Waals surface area contributed by atoms with E-state index in [1.54, 1.807) is 4.90 Å². The predicted molar refractivity (Wildman–Crippen MR) is 50.4 cm³/mol. The smallest absolute Gasteiger partial charge is 0.409 e. The average Bonchev–Trinajstić information content (AvgIpc) is 2.29. The molecule has 0 spiro atoms. The lowest BCUT2D eigenvalue weighted by Crippen LogP contribution is -2.41. The van der Waals surface area contributed by atoms with Crippen LogP contribution in [-0.2, 0) is 19.0 Å². The molecule has 0 N–H and O–H groups in total. The van der Waals surface area contributed by atoms with Crippen LogP contribution >= 0.6 is 0 Å². The Bertz CT molecular complexity index is 225. The van der Waals surface area contributed by atoms with Gasteiger partial charge in [-0.1, -0.05) is 0 Å². The van der Waals surface area contributed by atoms with Crippen molar-refractivity contribution in [2.45, 2.75) is 6.42 Å². The van der Waals surface area contributed by atoms with Gasteiger partial charge in [0.25, 0.3) is 0 Å². The van der Waals surface area contributed by atoms with Gasteiger partial charge in [-0.2, -0.15) is 0 Å². The van der Waals surface area contributed by atoms with E-state index < -0.39 is 6.09 Å². The summed E-state index contributed by atoms with van der Waals surface area (Å²) in [5.41, 5.74) is 0. The molecule has 1 amide bonds. The van der Waals surface area contributed by atoms with Crippen LogP contribution in [0.15, 0.2) is 0 Å². The molecule has 0 bridgehead atoms. The summed E-state index contributed by atoms with van der Waals surface area (Å²) in [6.07, 6.45) is -0.311. The predicted octanol–water partition coefficient (Wildman–Crippen LogP) is 0.0183. The van der Waals surface area contributed by atoms with Crippen molar-refractivity contribution in [2.75, 3.05) is 40.0 Å². The van der Waals surface area contributed by atoms with E-state index in [0.29, 0.717) is 26.3 Å². The number of esters is 1. The molecule has 15 heavy (non-hydrogen) atoms. The second kappa shape index (κ2) is 6.23. The van der Waals surface area contributed by atoms with Crippen molar-refractivity contribution in [3.63, 3.8) is 0 Å². The van der Waals surface area contributed by atoms with Crippen molar-refractivity contribution in [3.05, 3.63) is 0 Å². The molecule has 1 aliphatic rings. The molecule has 1 rings (SSSR count). The Labute approximate surface area is 88.1 Å². The molecule has 0 radical (unpaired) electrons. The molecular weight excluding hydrogens is 202 g/mol. The Kier molecular flexibility index (Phi) is 4.89. The number of nitrogens with zero attached hydrogens (tertiary/aromatic N) is 1. The van der Waals surface area contributed by atoms with Gasteiger partial charge in [0, 0.05) is 13.1 Å². The number of rotatable bonds is 3. The fourth-order valence-corrected chi connectivity index (χ4v) is 1.16.